The Labute approximate surface area is 123 Å². The number of fused-ring (bicyclic) bond motifs is 1. The second kappa shape index (κ2) is 5.69. The molecule has 1 amide bonds. The summed E-state index contributed by atoms with van der Waals surface area (Å²) >= 11 is 1.53. The summed E-state index contributed by atoms with van der Waals surface area (Å²) in [5.74, 6) is 2.14. The number of thiophene rings is 1. The summed E-state index contributed by atoms with van der Waals surface area (Å²) in [4.78, 5) is 16.4. The first-order valence-corrected chi connectivity index (χ1v) is 7.15. The van der Waals surface area contributed by atoms with Gasteiger partial charge >= 0.3 is 0 Å². The fraction of sp³-hybridized carbons (Fsp3) is 0.615. The van der Waals surface area contributed by atoms with Gasteiger partial charge in [-0.1, -0.05) is 0 Å². The third kappa shape index (κ3) is 2.59. The number of hydrogen-bond acceptors (Lipinski definition) is 4. The first-order chi connectivity index (χ1) is 8.69. The fourth-order valence-corrected chi connectivity index (χ4v) is 3.90. The molecule has 0 bridgehead atoms. The molecule has 19 heavy (non-hydrogen) atoms. The number of carbonyl (C=O) groups is 1. The number of rotatable bonds is 2. The Balaban J connectivity index is 0.00000133. The van der Waals surface area contributed by atoms with Crippen LogP contribution in [0.3, 0.4) is 0 Å². The van der Waals surface area contributed by atoms with Gasteiger partial charge in [0.1, 0.15) is 10.6 Å². The van der Waals surface area contributed by atoms with Crippen molar-refractivity contribution in [3.8, 4) is 5.75 Å². The third-order valence-electron chi connectivity index (χ3n) is 3.91. The number of halogens is 1. The molecule has 106 valence electrons. The smallest absolute Gasteiger partial charge is 0.267 e. The predicted octanol–water partition coefficient (Wildman–Crippen LogP) is 1.78. The summed E-state index contributed by atoms with van der Waals surface area (Å²) < 4.78 is 5.29. The number of hydrogen-bond donors (Lipinski definition) is 1. The van der Waals surface area contributed by atoms with E-state index in [2.05, 4.69) is 5.32 Å². The van der Waals surface area contributed by atoms with E-state index in [0.717, 1.165) is 41.7 Å². The minimum atomic E-state index is 0. The van der Waals surface area contributed by atoms with Gasteiger partial charge in [-0.05, 0) is 24.8 Å². The Morgan fingerprint density at radius 3 is 2.63 bits per heavy atom. The molecular formula is C13H19ClN2O2S. The number of likely N-dealkylation sites (tertiary alicyclic amines) is 1. The number of ether oxygens (including phenoxy) is 1. The minimum absolute atomic E-state index is 0. The van der Waals surface area contributed by atoms with Crippen LogP contribution in [0.4, 0.5) is 0 Å². The van der Waals surface area contributed by atoms with Crippen LogP contribution in [0.25, 0.3) is 0 Å². The molecule has 2 fully saturated rings. The van der Waals surface area contributed by atoms with Gasteiger partial charge in [0.05, 0.1) is 7.11 Å². The molecule has 2 saturated heterocycles. The van der Waals surface area contributed by atoms with Crippen LogP contribution in [0.5, 0.6) is 5.75 Å². The van der Waals surface area contributed by atoms with Crippen LogP contribution < -0.4 is 10.1 Å². The molecule has 4 nitrogen and oxygen atoms in total. The van der Waals surface area contributed by atoms with Gasteiger partial charge in [-0.25, -0.2) is 0 Å². The summed E-state index contributed by atoms with van der Waals surface area (Å²) in [7, 11) is 1.63. The molecule has 0 aromatic carbocycles. The second-order valence-corrected chi connectivity index (χ2v) is 6.40. The molecule has 1 aromatic heterocycles. The topological polar surface area (TPSA) is 41.6 Å². The van der Waals surface area contributed by atoms with Crippen molar-refractivity contribution in [1.29, 1.82) is 0 Å². The van der Waals surface area contributed by atoms with Gasteiger partial charge in [-0.3, -0.25) is 4.79 Å². The van der Waals surface area contributed by atoms with Crippen molar-refractivity contribution in [3.63, 3.8) is 0 Å². The molecule has 0 radical (unpaired) electrons. The van der Waals surface area contributed by atoms with E-state index in [9.17, 15) is 4.79 Å². The van der Waals surface area contributed by atoms with E-state index < -0.39 is 0 Å². The number of methoxy groups -OCH3 is 1. The lowest BCUT2D eigenvalue weighted by molar-refractivity contribution is 0.0783. The van der Waals surface area contributed by atoms with Crippen LogP contribution in [-0.4, -0.2) is 44.1 Å². The van der Waals surface area contributed by atoms with Crippen molar-refractivity contribution in [3.05, 3.63) is 15.8 Å². The van der Waals surface area contributed by atoms with Crippen molar-refractivity contribution in [2.24, 2.45) is 11.8 Å². The van der Waals surface area contributed by atoms with Crippen LogP contribution in [0, 0.1) is 18.8 Å². The van der Waals surface area contributed by atoms with E-state index in [1.54, 1.807) is 7.11 Å². The SMILES string of the molecule is COc1cc(C)sc1C(=O)N1C[C@H]2CNC[C@H]2C1.Cl. The van der Waals surface area contributed by atoms with E-state index in [1.165, 1.54) is 11.3 Å². The van der Waals surface area contributed by atoms with Crippen LogP contribution in [0.1, 0.15) is 14.5 Å². The molecule has 0 aliphatic carbocycles. The largest absolute Gasteiger partial charge is 0.495 e. The fourth-order valence-electron chi connectivity index (χ4n) is 2.96. The van der Waals surface area contributed by atoms with E-state index in [4.69, 9.17) is 4.74 Å². The van der Waals surface area contributed by atoms with Gasteiger partial charge < -0.3 is 15.0 Å². The lowest BCUT2D eigenvalue weighted by atomic mass is 10.0. The number of carbonyl (C=O) groups excluding carboxylic acids is 1. The molecule has 3 rings (SSSR count). The minimum Gasteiger partial charge on any atom is -0.495 e. The summed E-state index contributed by atoms with van der Waals surface area (Å²) in [5, 5.41) is 3.39. The lowest BCUT2D eigenvalue weighted by Crippen LogP contribution is -2.31. The van der Waals surface area contributed by atoms with Gasteiger partial charge in [-0.15, -0.1) is 23.7 Å². The second-order valence-electron chi connectivity index (χ2n) is 5.14. The summed E-state index contributed by atoms with van der Waals surface area (Å²) in [6.45, 7) is 5.88. The summed E-state index contributed by atoms with van der Waals surface area (Å²) in [6.07, 6.45) is 0. The first kappa shape index (κ1) is 14.6. The number of aryl methyl sites for hydroxylation is 1. The van der Waals surface area contributed by atoms with Crippen molar-refractivity contribution in [2.75, 3.05) is 33.3 Å². The van der Waals surface area contributed by atoms with Gasteiger partial charge in [0.2, 0.25) is 0 Å². The zero-order valence-electron chi connectivity index (χ0n) is 11.1. The quantitative estimate of drug-likeness (QED) is 0.905. The first-order valence-electron chi connectivity index (χ1n) is 6.33. The molecule has 3 heterocycles. The number of nitrogens with one attached hydrogen (secondary N) is 1. The third-order valence-corrected chi connectivity index (χ3v) is 4.93. The van der Waals surface area contributed by atoms with Crippen LogP contribution in [0.2, 0.25) is 0 Å². The molecule has 0 unspecified atom stereocenters. The summed E-state index contributed by atoms with van der Waals surface area (Å²) in [6, 6.07) is 1.94. The van der Waals surface area contributed by atoms with Crippen LogP contribution >= 0.6 is 23.7 Å². The van der Waals surface area contributed by atoms with E-state index in [1.807, 2.05) is 17.9 Å². The average Bonchev–Trinajstić information content (AvgIpc) is 3.00. The maximum atomic E-state index is 12.5. The zero-order valence-corrected chi connectivity index (χ0v) is 12.8. The molecule has 6 heteroatoms. The van der Waals surface area contributed by atoms with Crippen molar-refractivity contribution >= 4 is 29.7 Å². The molecule has 2 atom stereocenters. The van der Waals surface area contributed by atoms with Gasteiger partial charge in [0.25, 0.3) is 5.91 Å². The van der Waals surface area contributed by atoms with E-state index in [-0.39, 0.29) is 18.3 Å². The summed E-state index contributed by atoms with van der Waals surface area (Å²) in [5.41, 5.74) is 0. The van der Waals surface area contributed by atoms with Gasteiger partial charge in [-0.2, -0.15) is 0 Å². The molecule has 2 aliphatic heterocycles. The molecule has 1 N–H and O–H groups in total. The molecule has 0 spiro atoms. The Morgan fingerprint density at radius 1 is 1.42 bits per heavy atom. The normalized spacial score (nSPS) is 25.1. The zero-order chi connectivity index (χ0) is 12.7. The highest BCUT2D eigenvalue weighted by atomic mass is 35.5. The predicted molar refractivity (Wildman–Crippen MR) is 78.6 cm³/mol. The highest BCUT2D eigenvalue weighted by Crippen LogP contribution is 2.33. The highest BCUT2D eigenvalue weighted by molar-refractivity contribution is 7.14. The van der Waals surface area contributed by atoms with Gasteiger partial charge in [0.15, 0.2) is 0 Å². The average molecular weight is 303 g/mol. The Kier molecular flexibility index (Phi) is 4.38. The monoisotopic (exact) mass is 302 g/mol. The van der Waals surface area contributed by atoms with E-state index in [0.29, 0.717) is 11.8 Å². The van der Waals surface area contributed by atoms with Crippen molar-refractivity contribution < 1.29 is 9.53 Å². The molecule has 0 saturated carbocycles. The lowest BCUT2D eigenvalue weighted by Gasteiger charge is -2.17. The standard InChI is InChI=1S/C13H18N2O2S.ClH/c1-8-3-11(17-2)12(18-8)13(16)15-6-9-4-14-5-10(9)7-15;/h3,9-10,14H,4-7H2,1-2H3;1H/t9-,10+;. The number of nitrogens with zero attached hydrogens (tertiary/aromatic N) is 1. The molecule has 2 aliphatic rings. The van der Waals surface area contributed by atoms with Crippen LogP contribution in [-0.2, 0) is 0 Å². The maximum Gasteiger partial charge on any atom is 0.267 e. The maximum absolute atomic E-state index is 12.5. The Morgan fingerprint density at radius 2 is 2.05 bits per heavy atom. The van der Waals surface area contributed by atoms with Crippen LogP contribution in [0.15, 0.2) is 6.07 Å². The number of amides is 1. The van der Waals surface area contributed by atoms with Crippen molar-refractivity contribution in [2.45, 2.75) is 6.92 Å². The highest BCUT2D eigenvalue weighted by Gasteiger charge is 2.39. The van der Waals surface area contributed by atoms with E-state index >= 15 is 0 Å². The molecular weight excluding hydrogens is 284 g/mol. The Bertz CT molecular complexity index is 465. The van der Waals surface area contributed by atoms with Crippen molar-refractivity contribution in [1.82, 2.24) is 10.2 Å². The Hall–Kier alpha value is -0.780. The molecule has 1 aromatic rings. The van der Waals surface area contributed by atoms with Gasteiger partial charge in [0, 0.05) is 31.1 Å².